The fraction of sp³-hybridized carbons (Fsp3) is 0.440. The highest BCUT2D eigenvalue weighted by Crippen LogP contribution is 2.29. The molecular weight excluding hydrogens is 454 g/mol. The van der Waals surface area contributed by atoms with Crippen molar-refractivity contribution < 1.29 is 23.1 Å². The highest BCUT2D eigenvalue weighted by Gasteiger charge is 2.29. The Balaban J connectivity index is 1.38. The summed E-state index contributed by atoms with van der Waals surface area (Å²) in [4.78, 5) is 25.2. The molecule has 1 unspecified atom stereocenters. The largest absolute Gasteiger partial charge is 0.387 e. The lowest BCUT2D eigenvalue weighted by Gasteiger charge is -2.28. The number of nitrogens with one attached hydrogen (secondary N) is 3. The summed E-state index contributed by atoms with van der Waals surface area (Å²) >= 11 is 0. The molecule has 0 bridgehead atoms. The Bertz CT molecular complexity index is 1040. The molecule has 1 aliphatic rings. The van der Waals surface area contributed by atoms with Gasteiger partial charge in [-0.2, -0.15) is 0 Å². The van der Waals surface area contributed by atoms with E-state index in [-0.39, 0.29) is 35.1 Å². The molecule has 2 atom stereocenters. The second-order valence-corrected chi connectivity index (χ2v) is 10.6. The summed E-state index contributed by atoms with van der Waals surface area (Å²) in [5.41, 5.74) is 0.710. The molecule has 3 rings (SSSR count). The topological polar surface area (TPSA) is 125 Å². The number of sulfonamides is 1. The minimum Gasteiger partial charge on any atom is -0.387 e. The van der Waals surface area contributed by atoms with Gasteiger partial charge >= 0.3 is 0 Å². The van der Waals surface area contributed by atoms with Gasteiger partial charge in [-0.1, -0.05) is 48.5 Å². The van der Waals surface area contributed by atoms with E-state index in [1.54, 1.807) is 49.4 Å². The molecule has 0 aromatic heterocycles. The predicted octanol–water partition coefficient (Wildman–Crippen LogP) is 2.13. The Kier molecular flexibility index (Phi) is 9.20. The van der Waals surface area contributed by atoms with Crippen molar-refractivity contribution in [3.05, 3.63) is 66.2 Å². The zero-order valence-corrected chi connectivity index (χ0v) is 20.1. The van der Waals surface area contributed by atoms with E-state index in [0.717, 1.165) is 12.8 Å². The van der Waals surface area contributed by atoms with Crippen LogP contribution in [0.1, 0.15) is 44.3 Å². The van der Waals surface area contributed by atoms with Gasteiger partial charge in [0, 0.05) is 19.0 Å². The molecule has 1 fully saturated rings. The lowest BCUT2D eigenvalue weighted by molar-refractivity contribution is -0.131. The number of benzene rings is 2. The normalized spacial score (nSPS) is 20.2. The predicted molar refractivity (Wildman–Crippen MR) is 129 cm³/mol. The van der Waals surface area contributed by atoms with E-state index in [2.05, 4.69) is 15.4 Å². The number of hydrogen-bond acceptors (Lipinski definition) is 5. The summed E-state index contributed by atoms with van der Waals surface area (Å²) < 4.78 is 27.4. The number of aliphatic hydroxyl groups excluding tert-OH is 1. The minimum absolute atomic E-state index is 0.0626. The Morgan fingerprint density at radius 1 is 0.971 bits per heavy atom. The van der Waals surface area contributed by atoms with Gasteiger partial charge in [-0.25, -0.2) is 13.1 Å². The third-order valence-corrected chi connectivity index (χ3v) is 7.68. The molecule has 0 saturated heterocycles. The first-order chi connectivity index (χ1) is 16.3. The van der Waals surface area contributed by atoms with Crippen LogP contribution in [0.25, 0.3) is 0 Å². The van der Waals surface area contributed by atoms with Gasteiger partial charge in [0.2, 0.25) is 21.8 Å². The zero-order chi connectivity index (χ0) is 24.6. The van der Waals surface area contributed by atoms with Gasteiger partial charge in [0.25, 0.3) is 0 Å². The van der Waals surface area contributed by atoms with Gasteiger partial charge in [0.15, 0.2) is 0 Å². The summed E-state index contributed by atoms with van der Waals surface area (Å²) in [7, 11) is -3.54. The number of carbonyl (C=O) groups is 2. The molecule has 1 saturated carbocycles. The number of carbonyl (C=O) groups excluding carboxylic acids is 2. The Morgan fingerprint density at radius 3 is 2.18 bits per heavy atom. The molecule has 0 heterocycles. The van der Waals surface area contributed by atoms with E-state index < -0.39 is 22.2 Å². The molecule has 184 valence electrons. The molecule has 2 amide bonds. The molecule has 0 spiro atoms. The maximum Gasteiger partial charge on any atom is 0.242 e. The van der Waals surface area contributed by atoms with Crippen molar-refractivity contribution in [2.75, 3.05) is 13.1 Å². The quantitative estimate of drug-likeness (QED) is 0.409. The van der Waals surface area contributed by atoms with Crippen LogP contribution in [-0.4, -0.2) is 44.5 Å². The maximum absolute atomic E-state index is 12.6. The lowest BCUT2D eigenvalue weighted by atomic mass is 9.81. The SMILES string of the molecule is C[C@@H](NC(=O)C1CCC(CNS(=O)(=O)c2ccccc2)CC1)C(=O)NCC(O)c1ccccc1. The van der Waals surface area contributed by atoms with Crippen LogP contribution in [0.2, 0.25) is 0 Å². The second-order valence-electron chi connectivity index (χ2n) is 8.78. The average molecular weight is 488 g/mol. The van der Waals surface area contributed by atoms with E-state index >= 15 is 0 Å². The molecule has 8 nitrogen and oxygen atoms in total. The van der Waals surface area contributed by atoms with Crippen LogP contribution in [0, 0.1) is 11.8 Å². The van der Waals surface area contributed by atoms with E-state index in [4.69, 9.17) is 0 Å². The van der Waals surface area contributed by atoms with Gasteiger partial charge in [-0.3, -0.25) is 9.59 Å². The summed E-state index contributed by atoms with van der Waals surface area (Å²) in [6.45, 7) is 2.02. The zero-order valence-electron chi connectivity index (χ0n) is 19.3. The van der Waals surface area contributed by atoms with Crippen molar-refractivity contribution in [3.63, 3.8) is 0 Å². The molecule has 0 radical (unpaired) electrons. The molecule has 4 N–H and O–H groups in total. The smallest absolute Gasteiger partial charge is 0.242 e. The monoisotopic (exact) mass is 487 g/mol. The van der Waals surface area contributed by atoms with Crippen molar-refractivity contribution in [2.24, 2.45) is 11.8 Å². The van der Waals surface area contributed by atoms with Crippen molar-refractivity contribution in [2.45, 2.75) is 49.6 Å². The van der Waals surface area contributed by atoms with Crippen molar-refractivity contribution in [3.8, 4) is 0 Å². The lowest BCUT2D eigenvalue weighted by Crippen LogP contribution is -2.48. The fourth-order valence-corrected chi connectivity index (χ4v) is 5.22. The van der Waals surface area contributed by atoms with E-state index in [9.17, 15) is 23.1 Å². The van der Waals surface area contributed by atoms with Crippen LogP contribution in [0.15, 0.2) is 65.6 Å². The van der Waals surface area contributed by atoms with Crippen molar-refractivity contribution in [1.82, 2.24) is 15.4 Å². The van der Waals surface area contributed by atoms with Crippen LogP contribution < -0.4 is 15.4 Å². The molecule has 34 heavy (non-hydrogen) atoms. The van der Waals surface area contributed by atoms with Crippen LogP contribution >= 0.6 is 0 Å². The molecular formula is C25H33N3O5S. The molecule has 2 aromatic rings. The Morgan fingerprint density at radius 2 is 1.56 bits per heavy atom. The summed E-state index contributed by atoms with van der Waals surface area (Å²) in [5, 5.41) is 15.6. The highest BCUT2D eigenvalue weighted by molar-refractivity contribution is 7.89. The van der Waals surface area contributed by atoms with Gasteiger partial charge in [0.05, 0.1) is 11.0 Å². The standard InChI is InChI=1S/C25H33N3O5S/c1-18(24(30)26-17-23(29)20-8-4-2-5-9-20)28-25(31)21-14-12-19(13-15-21)16-27-34(32,33)22-10-6-3-7-11-22/h2-11,18-19,21,23,27,29H,12-17H2,1H3,(H,26,30)(H,28,31)/t18-,19?,21?,23?/m1/s1. The number of rotatable bonds is 10. The molecule has 1 aliphatic carbocycles. The van der Waals surface area contributed by atoms with E-state index in [1.165, 1.54) is 0 Å². The Hall–Kier alpha value is -2.75. The first kappa shape index (κ1) is 25.9. The molecule has 9 heteroatoms. The van der Waals surface area contributed by atoms with Gasteiger partial charge in [-0.05, 0) is 56.2 Å². The highest BCUT2D eigenvalue weighted by atomic mass is 32.2. The second kappa shape index (κ2) is 12.1. The van der Waals surface area contributed by atoms with Crippen LogP contribution in [0.3, 0.4) is 0 Å². The summed E-state index contributed by atoms with van der Waals surface area (Å²) in [6, 6.07) is 16.6. The van der Waals surface area contributed by atoms with Gasteiger partial charge in [0.1, 0.15) is 6.04 Å². The van der Waals surface area contributed by atoms with Gasteiger partial charge in [-0.15, -0.1) is 0 Å². The number of amides is 2. The van der Waals surface area contributed by atoms with E-state index in [1.807, 2.05) is 18.2 Å². The maximum atomic E-state index is 12.6. The first-order valence-corrected chi connectivity index (χ1v) is 13.1. The minimum atomic E-state index is -3.54. The van der Waals surface area contributed by atoms with Gasteiger partial charge < -0.3 is 15.7 Å². The van der Waals surface area contributed by atoms with Crippen LogP contribution in [-0.2, 0) is 19.6 Å². The van der Waals surface area contributed by atoms with Crippen molar-refractivity contribution in [1.29, 1.82) is 0 Å². The number of aliphatic hydroxyl groups is 1. The van der Waals surface area contributed by atoms with Crippen LogP contribution in [0.4, 0.5) is 0 Å². The first-order valence-electron chi connectivity index (χ1n) is 11.6. The average Bonchev–Trinajstić information content (AvgIpc) is 2.87. The third-order valence-electron chi connectivity index (χ3n) is 6.24. The third kappa shape index (κ3) is 7.38. The summed E-state index contributed by atoms with van der Waals surface area (Å²) in [5.74, 6) is -0.559. The van der Waals surface area contributed by atoms with E-state index in [0.29, 0.717) is 24.9 Å². The fourth-order valence-electron chi connectivity index (χ4n) is 4.08. The van der Waals surface area contributed by atoms with Crippen molar-refractivity contribution >= 4 is 21.8 Å². The molecule has 2 aromatic carbocycles. The van der Waals surface area contributed by atoms with Crippen LogP contribution in [0.5, 0.6) is 0 Å². The number of hydrogen-bond donors (Lipinski definition) is 4. The molecule has 0 aliphatic heterocycles. The summed E-state index contributed by atoms with van der Waals surface area (Å²) in [6.07, 6.45) is 1.94. The Labute approximate surface area is 201 Å².